The molecule has 0 saturated heterocycles. The summed E-state index contributed by atoms with van der Waals surface area (Å²) < 4.78 is 12.9. The molecule has 2 aromatic rings. The van der Waals surface area contributed by atoms with Gasteiger partial charge in [-0.2, -0.15) is 0 Å². The van der Waals surface area contributed by atoms with Gasteiger partial charge in [0.25, 0.3) is 0 Å². The molecule has 0 aliphatic carbocycles. The Kier molecular flexibility index (Phi) is 5.62. The summed E-state index contributed by atoms with van der Waals surface area (Å²) in [6.07, 6.45) is -0.943. The van der Waals surface area contributed by atoms with Gasteiger partial charge in [-0.3, -0.25) is 5.32 Å². The van der Waals surface area contributed by atoms with E-state index < -0.39 is 18.2 Å². The molecule has 2 rings (SSSR count). The number of amides is 2. The number of rotatable bonds is 5. The third-order valence-corrected chi connectivity index (χ3v) is 4.34. The molecule has 0 aliphatic rings. The van der Waals surface area contributed by atoms with Crippen molar-refractivity contribution in [3.63, 3.8) is 0 Å². The second kappa shape index (κ2) is 7.47. The van der Waals surface area contributed by atoms with E-state index in [0.717, 1.165) is 5.01 Å². The zero-order valence-corrected chi connectivity index (χ0v) is 13.9. The van der Waals surface area contributed by atoms with Crippen LogP contribution in [0.15, 0.2) is 24.3 Å². The number of aliphatic hydroxyl groups excluding tert-OH is 1. The molecule has 1 aromatic heterocycles. The summed E-state index contributed by atoms with van der Waals surface area (Å²) in [5, 5.41) is 24.5. The van der Waals surface area contributed by atoms with E-state index >= 15 is 0 Å². The molecule has 3 N–H and O–H groups in total. The monoisotopic (exact) mass is 338 g/mol. The first-order valence-electron chi connectivity index (χ1n) is 7.21. The first-order chi connectivity index (χ1) is 10.9. The van der Waals surface area contributed by atoms with Gasteiger partial charge < -0.3 is 10.4 Å². The van der Waals surface area contributed by atoms with Gasteiger partial charge >= 0.3 is 6.03 Å². The molecule has 0 spiro atoms. The third-order valence-electron chi connectivity index (χ3n) is 3.20. The van der Waals surface area contributed by atoms with Gasteiger partial charge in [-0.05, 0) is 24.6 Å². The van der Waals surface area contributed by atoms with Crippen LogP contribution < -0.4 is 10.6 Å². The van der Waals surface area contributed by atoms with Gasteiger partial charge in [0.05, 0.1) is 12.1 Å². The lowest BCUT2D eigenvalue weighted by atomic mass is 10.0. The average Bonchev–Trinajstić information content (AvgIpc) is 2.95. The number of carbonyl (C=O) groups is 1. The largest absolute Gasteiger partial charge is 0.386 e. The summed E-state index contributed by atoms with van der Waals surface area (Å²) >= 11 is 1.30. The quantitative estimate of drug-likeness (QED) is 0.782. The molecule has 0 saturated carbocycles. The van der Waals surface area contributed by atoms with E-state index in [2.05, 4.69) is 20.8 Å². The first kappa shape index (κ1) is 17.3. The van der Waals surface area contributed by atoms with Crippen molar-refractivity contribution in [2.24, 2.45) is 0 Å². The Morgan fingerprint density at radius 2 is 1.87 bits per heavy atom. The molecule has 2 amide bonds. The number of nitrogens with one attached hydrogen (secondary N) is 2. The summed E-state index contributed by atoms with van der Waals surface area (Å²) in [5.74, 6) is -0.137. The van der Waals surface area contributed by atoms with Crippen molar-refractivity contribution in [2.45, 2.75) is 38.8 Å². The molecule has 8 heteroatoms. The third kappa shape index (κ3) is 4.70. The van der Waals surface area contributed by atoms with Gasteiger partial charge in [-0.15, -0.1) is 10.2 Å². The van der Waals surface area contributed by atoms with Crippen molar-refractivity contribution >= 4 is 22.5 Å². The zero-order chi connectivity index (χ0) is 17.0. The predicted octanol–water partition coefficient (Wildman–Crippen LogP) is 3.04. The fraction of sp³-hybridized carbons (Fsp3) is 0.400. The normalized spacial score (nSPS) is 13.7. The SMILES string of the molecule is CC(C)c1nnc(NC(=O)N[C@H](C)[C@@H](O)c2ccc(F)cc2)s1. The summed E-state index contributed by atoms with van der Waals surface area (Å²) in [6.45, 7) is 5.64. The van der Waals surface area contributed by atoms with E-state index in [9.17, 15) is 14.3 Å². The summed E-state index contributed by atoms with van der Waals surface area (Å²) in [7, 11) is 0. The molecule has 1 heterocycles. The van der Waals surface area contributed by atoms with Crippen molar-refractivity contribution in [1.82, 2.24) is 15.5 Å². The Balaban J connectivity index is 1.91. The highest BCUT2D eigenvalue weighted by Crippen LogP contribution is 2.22. The maximum Gasteiger partial charge on any atom is 0.321 e. The Bertz CT molecular complexity index is 660. The number of hydrogen-bond acceptors (Lipinski definition) is 5. The van der Waals surface area contributed by atoms with Gasteiger partial charge in [0.15, 0.2) is 0 Å². The van der Waals surface area contributed by atoms with E-state index in [0.29, 0.717) is 10.7 Å². The van der Waals surface area contributed by atoms with E-state index in [1.165, 1.54) is 35.6 Å². The highest BCUT2D eigenvalue weighted by atomic mass is 32.1. The Morgan fingerprint density at radius 1 is 1.22 bits per heavy atom. The number of aliphatic hydroxyl groups is 1. The molecular weight excluding hydrogens is 319 g/mol. The zero-order valence-electron chi connectivity index (χ0n) is 13.1. The topological polar surface area (TPSA) is 87.1 Å². The van der Waals surface area contributed by atoms with E-state index in [1.807, 2.05) is 13.8 Å². The number of nitrogens with zero attached hydrogens (tertiary/aromatic N) is 2. The van der Waals surface area contributed by atoms with Crippen molar-refractivity contribution < 1.29 is 14.3 Å². The minimum Gasteiger partial charge on any atom is -0.386 e. The van der Waals surface area contributed by atoms with Crippen LogP contribution in [0.5, 0.6) is 0 Å². The Labute approximate surface area is 137 Å². The van der Waals surface area contributed by atoms with Crippen LogP contribution >= 0.6 is 11.3 Å². The summed E-state index contributed by atoms with van der Waals surface area (Å²) in [6, 6.07) is 4.45. The molecule has 2 atom stereocenters. The second-order valence-electron chi connectivity index (χ2n) is 5.48. The second-order valence-corrected chi connectivity index (χ2v) is 6.49. The molecule has 0 fully saturated rings. The van der Waals surface area contributed by atoms with Crippen LogP contribution in [0.4, 0.5) is 14.3 Å². The molecule has 6 nitrogen and oxygen atoms in total. The lowest BCUT2D eigenvalue weighted by Crippen LogP contribution is -2.39. The number of anilines is 1. The predicted molar refractivity (Wildman–Crippen MR) is 87.0 cm³/mol. The number of aromatic nitrogens is 2. The van der Waals surface area contributed by atoms with Crippen LogP contribution in [-0.4, -0.2) is 27.4 Å². The highest BCUT2D eigenvalue weighted by Gasteiger charge is 2.19. The molecule has 0 radical (unpaired) electrons. The molecule has 23 heavy (non-hydrogen) atoms. The Morgan fingerprint density at radius 3 is 2.43 bits per heavy atom. The molecular formula is C15H19FN4O2S. The Hall–Kier alpha value is -2.06. The van der Waals surface area contributed by atoms with Crippen LogP contribution in [0.3, 0.4) is 0 Å². The molecule has 1 aromatic carbocycles. The van der Waals surface area contributed by atoms with E-state index in [1.54, 1.807) is 6.92 Å². The fourth-order valence-corrected chi connectivity index (χ4v) is 2.63. The number of urea groups is 1. The average molecular weight is 338 g/mol. The van der Waals surface area contributed by atoms with Gasteiger partial charge in [-0.1, -0.05) is 37.3 Å². The van der Waals surface area contributed by atoms with E-state index in [4.69, 9.17) is 0 Å². The number of benzene rings is 1. The molecule has 0 unspecified atom stereocenters. The van der Waals surface area contributed by atoms with Crippen LogP contribution in [0.2, 0.25) is 0 Å². The number of hydrogen-bond donors (Lipinski definition) is 3. The standard InChI is InChI=1S/C15H19FN4O2S/c1-8(2)13-19-20-15(23-13)18-14(22)17-9(3)12(21)10-4-6-11(16)7-5-10/h4-9,12,21H,1-3H3,(H2,17,18,20,22)/t9-,12-/m1/s1. The van der Waals surface area contributed by atoms with Gasteiger partial charge in [-0.25, -0.2) is 9.18 Å². The fourth-order valence-electron chi connectivity index (χ4n) is 1.89. The minimum absolute atomic E-state index is 0.241. The molecule has 124 valence electrons. The van der Waals surface area contributed by atoms with Crippen molar-refractivity contribution in [2.75, 3.05) is 5.32 Å². The maximum absolute atomic E-state index is 12.9. The number of halogens is 1. The highest BCUT2D eigenvalue weighted by molar-refractivity contribution is 7.15. The van der Waals surface area contributed by atoms with Crippen LogP contribution in [0.25, 0.3) is 0 Å². The molecule has 0 bridgehead atoms. The smallest absolute Gasteiger partial charge is 0.321 e. The maximum atomic E-state index is 12.9. The van der Waals surface area contributed by atoms with Gasteiger partial charge in [0.2, 0.25) is 5.13 Å². The molecule has 0 aliphatic heterocycles. The van der Waals surface area contributed by atoms with Gasteiger partial charge in [0.1, 0.15) is 10.8 Å². The van der Waals surface area contributed by atoms with Crippen LogP contribution in [-0.2, 0) is 0 Å². The lowest BCUT2D eigenvalue weighted by Gasteiger charge is -2.20. The van der Waals surface area contributed by atoms with Crippen molar-refractivity contribution in [3.05, 3.63) is 40.7 Å². The van der Waals surface area contributed by atoms with E-state index in [-0.39, 0.29) is 11.7 Å². The lowest BCUT2D eigenvalue weighted by molar-refractivity contribution is 0.139. The summed E-state index contributed by atoms with van der Waals surface area (Å²) in [5.41, 5.74) is 0.525. The van der Waals surface area contributed by atoms with Crippen LogP contribution in [0.1, 0.15) is 43.4 Å². The number of carbonyl (C=O) groups excluding carboxylic acids is 1. The van der Waals surface area contributed by atoms with Crippen molar-refractivity contribution in [1.29, 1.82) is 0 Å². The summed E-state index contributed by atoms with van der Waals surface area (Å²) in [4.78, 5) is 11.9. The van der Waals surface area contributed by atoms with Crippen molar-refractivity contribution in [3.8, 4) is 0 Å². The first-order valence-corrected chi connectivity index (χ1v) is 8.03. The minimum atomic E-state index is -0.943. The van der Waals surface area contributed by atoms with Gasteiger partial charge in [0, 0.05) is 5.92 Å². The van der Waals surface area contributed by atoms with Crippen LogP contribution in [0, 0.1) is 5.82 Å².